The quantitative estimate of drug-likeness (QED) is 0.725. The van der Waals surface area contributed by atoms with E-state index in [0.29, 0.717) is 12.3 Å². The molecule has 1 aliphatic rings. The zero-order valence-electron chi connectivity index (χ0n) is 10.5. The molecule has 92 valence electrons. The largest absolute Gasteiger partial charge is 0.342 e. The number of nitrogens with zero attached hydrogens (tertiary/aromatic N) is 1. The summed E-state index contributed by atoms with van der Waals surface area (Å²) >= 11 is 0. The topological polar surface area (TPSA) is 46.3 Å². The minimum atomic E-state index is 0.0892. The number of likely N-dealkylation sites (tertiary alicyclic amines) is 1. The lowest BCUT2D eigenvalue weighted by atomic mass is 10.0. The van der Waals surface area contributed by atoms with Crippen molar-refractivity contribution in [3.05, 3.63) is 12.2 Å². The number of carbonyl (C=O) groups excluding carboxylic acids is 1. The Hall–Kier alpha value is -0.830. The number of carbonyl (C=O) groups is 1. The maximum atomic E-state index is 11.7. The smallest absolute Gasteiger partial charge is 0.226 e. The van der Waals surface area contributed by atoms with Gasteiger partial charge in [0.2, 0.25) is 5.91 Å². The summed E-state index contributed by atoms with van der Waals surface area (Å²) in [6.45, 7) is 6.18. The van der Waals surface area contributed by atoms with Crippen molar-refractivity contribution in [3.8, 4) is 0 Å². The third-order valence-electron chi connectivity index (χ3n) is 2.88. The standard InChI is InChI=1S/C13H24N2O/c1-11(2)10-12(14)6-5-7-13(16)15-8-3-4-9-15/h5-6,11-12H,3-4,7-10,14H2,1-2H3/b6-5+/t12-/m1/s1. The van der Waals surface area contributed by atoms with Gasteiger partial charge < -0.3 is 10.6 Å². The van der Waals surface area contributed by atoms with Gasteiger partial charge in [-0.3, -0.25) is 4.79 Å². The average molecular weight is 224 g/mol. The third kappa shape index (κ3) is 4.79. The van der Waals surface area contributed by atoms with Crippen molar-refractivity contribution in [2.45, 2.75) is 45.6 Å². The molecule has 0 spiro atoms. The van der Waals surface area contributed by atoms with Gasteiger partial charge in [-0.15, -0.1) is 0 Å². The van der Waals surface area contributed by atoms with Crippen LogP contribution in [0.5, 0.6) is 0 Å². The number of nitrogens with two attached hydrogens (primary N) is 1. The van der Waals surface area contributed by atoms with Gasteiger partial charge >= 0.3 is 0 Å². The molecule has 2 N–H and O–H groups in total. The number of rotatable bonds is 5. The van der Waals surface area contributed by atoms with E-state index in [4.69, 9.17) is 5.73 Å². The predicted molar refractivity (Wildman–Crippen MR) is 67.0 cm³/mol. The Kier molecular flexibility index (Phi) is 5.53. The molecule has 0 aromatic rings. The van der Waals surface area contributed by atoms with Gasteiger partial charge in [0, 0.05) is 25.6 Å². The second kappa shape index (κ2) is 6.69. The molecule has 3 nitrogen and oxygen atoms in total. The fourth-order valence-electron chi connectivity index (χ4n) is 2.06. The zero-order valence-corrected chi connectivity index (χ0v) is 10.5. The molecule has 0 bridgehead atoms. The Morgan fingerprint density at radius 1 is 1.38 bits per heavy atom. The van der Waals surface area contributed by atoms with Crippen LogP contribution in [0.4, 0.5) is 0 Å². The van der Waals surface area contributed by atoms with Crippen molar-refractivity contribution in [2.75, 3.05) is 13.1 Å². The molecule has 16 heavy (non-hydrogen) atoms. The molecule has 0 unspecified atom stereocenters. The summed E-state index contributed by atoms with van der Waals surface area (Å²) in [5, 5.41) is 0. The molecule has 1 saturated heterocycles. The van der Waals surface area contributed by atoms with Gasteiger partial charge in [-0.25, -0.2) is 0 Å². The van der Waals surface area contributed by atoms with E-state index in [2.05, 4.69) is 13.8 Å². The van der Waals surface area contributed by atoms with E-state index < -0.39 is 0 Å². The molecule has 1 atom stereocenters. The average Bonchev–Trinajstić information content (AvgIpc) is 2.68. The summed E-state index contributed by atoms with van der Waals surface area (Å²) in [6, 6.07) is 0.0892. The van der Waals surface area contributed by atoms with Gasteiger partial charge in [-0.2, -0.15) is 0 Å². The molecular formula is C13H24N2O. The number of hydrogen-bond acceptors (Lipinski definition) is 2. The van der Waals surface area contributed by atoms with Crippen molar-refractivity contribution in [1.29, 1.82) is 0 Å². The molecule has 0 radical (unpaired) electrons. The lowest BCUT2D eigenvalue weighted by Gasteiger charge is -2.14. The molecule has 1 aliphatic heterocycles. The summed E-state index contributed by atoms with van der Waals surface area (Å²) in [7, 11) is 0. The first-order valence-corrected chi connectivity index (χ1v) is 6.29. The third-order valence-corrected chi connectivity index (χ3v) is 2.88. The number of hydrogen-bond donors (Lipinski definition) is 1. The molecule has 0 aromatic carbocycles. The SMILES string of the molecule is CC(C)C[C@H](N)/C=C/CC(=O)N1CCCC1. The van der Waals surface area contributed by atoms with Crippen LogP contribution in [-0.4, -0.2) is 29.9 Å². The van der Waals surface area contributed by atoms with Gasteiger partial charge in [0.1, 0.15) is 0 Å². The van der Waals surface area contributed by atoms with Gasteiger partial charge in [0.15, 0.2) is 0 Å². The first-order chi connectivity index (χ1) is 7.59. The zero-order chi connectivity index (χ0) is 12.0. The molecule has 3 heteroatoms. The monoisotopic (exact) mass is 224 g/mol. The lowest BCUT2D eigenvalue weighted by Crippen LogP contribution is -2.27. The highest BCUT2D eigenvalue weighted by Gasteiger charge is 2.16. The first-order valence-electron chi connectivity index (χ1n) is 6.29. The van der Waals surface area contributed by atoms with E-state index in [1.165, 1.54) is 0 Å². The number of amides is 1. The molecular weight excluding hydrogens is 200 g/mol. The highest BCUT2D eigenvalue weighted by Crippen LogP contribution is 2.09. The first kappa shape index (κ1) is 13.2. The Morgan fingerprint density at radius 3 is 2.56 bits per heavy atom. The minimum Gasteiger partial charge on any atom is -0.342 e. The summed E-state index contributed by atoms with van der Waals surface area (Å²) < 4.78 is 0. The van der Waals surface area contributed by atoms with E-state index in [0.717, 1.165) is 32.4 Å². The van der Waals surface area contributed by atoms with Crippen LogP contribution < -0.4 is 5.73 Å². The molecule has 1 heterocycles. The van der Waals surface area contributed by atoms with E-state index >= 15 is 0 Å². The van der Waals surface area contributed by atoms with Crippen LogP contribution >= 0.6 is 0 Å². The van der Waals surface area contributed by atoms with Crippen LogP contribution in [0.1, 0.15) is 39.5 Å². The Bertz CT molecular complexity index is 242. The van der Waals surface area contributed by atoms with Crippen molar-refractivity contribution in [2.24, 2.45) is 11.7 Å². The predicted octanol–water partition coefficient (Wildman–Crippen LogP) is 1.93. The maximum absolute atomic E-state index is 11.7. The van der Waals surface area contributed by atoms with Crippen LogP contribution in [0.3, 0.4) is 0 Å². The highest BCUT2D eigenvalue weighted by molar-refractivity contribution is 5.77. The van der Waals surface area contributed by atoms with E-state index in [1.54, 1.807) is 0 Å². The maximum Gasteiger partial charge on any atom is 0.226 e. The van der Waals surface area contributed by atoms with Gasteiger partial charge in [0.25, 0.3) is 0 Å². The Balaban J connectivity index is 2.22. The normalized spacial score (nSPS) is 18.6. The summed E-state index contributed by atoms with van der Waals surface area (Å²) in [4.78, 5) is 13.6. The van der Waals surface area contributed by atoms with Crippen LogP contribution in [0.15, 0.2) is 12.2 Å². The van der Waals surface area contributed by atoms with Crippen molar-refractivity contribution in [1.82, 2.24) is 4.90 Å². The van der Waals surface area contributed by atoms with Crippen LogP contribution in [0.25, 0.3) is 0 Å². The minimum absolute atomic E-state index is 0.0892. The van der Waals surface area contributed by atoms with Crippen molar-refractivity contribution >= 4 is 5.91 Å². The Labute approximate surface area is 98.7 Å². The molecule has 0 aromatic heterocycles. The second-order valence-corrected chi connectivity index (χ2v) is 5.01. The molecule has 0 aliphatic carbocycles. The Morgan fingerprint density at radius 2 is 2.00 bits per heavy atom. The van der Waals surface area contributed by atoms with Gasteiger partial charge in [0.05, 0.1) is 0 Å². The summed E-state index contributed by atoms with van der Waals surface area (Å²) in [6.07, 6.45) is 7.69. The van der Waals surface area contributed by atoms with Crippen molar-refractivity contribution < 1.29 is 4.79 Å². The van der Waals surface area contributed by atoms with E-state index in [1.807, 2.05) is 17.1 Å². The molecule has 1 rings (SSSR count). The van der Waals surface area contributed by atoms with E-state index in [-0.39, 0.29) is 11.9 Å². The van der Waals surface area contributed by atoms with Crippen LogP contribution in [0.2, 0.25) is 0 Å². The summed E-state index contributed by atoms with van der Waals surface area (Å²) in [5.41, 5.74) is 5.90. The van der Waals surface area contributed by atoms with Gasteiger partial charge in [-0.05, 0) is 25.2 Å². The van der Waals surface area contributed by atoms with Crippen LogP contribution in [-0.2, 0) is 4.79 Å². The highest BCUT2D eigenvalue weighted by atomic mass is 16.2. The molecule has 1 amide bonds. The fraction of sp³-hybridized carbons (Fsp3) is 0.769. The molecule has 1 fully saturated rings. The van der Waals surface area contributed by atoms with Crippen LogP contribution in [0, 0.1) is 5.92 Å². The molecule has 0 saturated carbocycles. The van der Waals surface area contributed by atoms with Crippen molar-refractivity contribution in [3.63, 3.8) is 0 Å². The lowest BCUT2D eigenvalue weighted by molar-refractivity contribution is -0.129. The fourth-order valence-corrected chi connectivity index (χ4v) is 2.06. The van der Waals surface area contributed by atoms with Gasteiger partial charge in [-0.1, -0.05) is 26.0 Å². The second-order valence-electron chi connectivity index (χ2n) is 5.01. The van der Waals surface area contributed by atoms with E-state index in [9.17, 15) is 4.79 Å². The summed E-state index contributed by atoms with van der Waals surface area (Å²) in [5.74, 6) is 0.847.